The number of thioether (sulfide) groups is 1. The normalized spacial score (nSPS) is 15.2. The van der Waals surface area contributed by atoms with Crippen LogP contribution in [0.1, 0.15) is 92.1 Å². The maximum Gasteiger partial charge on any atom is 0.328 e. The standard InChI is InChI=1S/C51H85N13O16S2/c1-25(2)20-34(46(74)61-35(21-29-11-13-30(67)14-12-29)47(75)62-36(23-65)51(79)80)57-39(69)22-55-42(70)27(5)56-43(71)31(10-8-9-18-52)58-45(73)33(17-19-82-7)60-50(78)41(26(3)4)64-48(76)37(24-81)63-44(72)32(15-16-38(53)68)59-49(77)40(54)28(6)66/h11-14,25-28,31-37,40-41,65-67,81H,8-10,15-24,52,54H2,1-7H3,(H2,53,68)(H,55,70)(H,56,71)(H,57,69)(H,58,73)(H,59,77)(H,60,78)(H,61,74)(H,62,75)(H,63,72)(H,64,76)(H,79,80)/t27-,28+,31-,32-,33-,34-,35-,36-,37-,40-,41-/m0/s1. The number of rotatable bonds is 39. The zero-order chi connectivity index (χ0) is 62.4. The monoisotopic (exact) mass is 1200 g/mol. The van der Waals surface area contributed by atoms with Gasteiger partial charge in [-0.05, 0) is 100 Å². The number of amides is 11. The molecule has 0 aromatic heterocycles. The van der Waals surface area contributed by atoms with Gasteiger partial charge >= 0.3 is 5.97 Å². The highest BCUT2D eigenvalue weighted by Gasteiger charge is 2.36. The Bertz CT molecular complexity index is 2320. The van der Waals surface area contributed by atoms with Gasteiger partial charge in [0, 0.05) is 18.6 Å². The lowest BCUT2D eigenvalue weighted by atomic mass is 10.0. The van der Waals surface area contributed by atoms with Crippen molar-refractivity contribution >= 4 is 95.3 Å². The number of primary amides is 1. The van der Waals surface area contributed by atoms with Crippen LogP contribution in [0.15, 0.2) is 24.3 Å². The summed E-state index contributed by atoms with van der Waals surface area (Å²) >= 11 is 5.53. The van der Waals surface area contributed by atoms with E-state index in [2.05, 4.69) is 65.8 Å². The third-order valence-corrected chi connectivity index (χ3v) is 13.4. The first-order valence-corrected chi connectivity index (χ1v) is 28.7. The Labute approximate surface area is 486 Å². The van der Waals surface area contributed by atoms with E-state index in [9.17, 15) is 78.0 Å². The van der Waals surface area contributed by atoms with Gasteiger partial charge in [-0.2, -0.15) is 24.4 Å². The topological polar surface area (TPSA) is 484 Å². The Morgan fingerprint density at radius 2 is 1.11 bits per heavy atom. The fourth-order valence-corrected chi connectivity index (χ4v) is 8.28. The number of phenolic OH excluding ortho intramolecular Hbond substituents is 1. The molecule has 11 amide bonds. The molecule has 0 aliphatic carbocycles. The van der Waals surface area contributed by atoms with E-state index in [0.29, 0.717) is 24.2 Å². The lowest BCUT2D eigenvalue weighted by Gasteiger charge is -2.28. The third-order valence-electron chi connectivity index (χ3n) is 12.4. The zero-order valence-corrected chi connectivity index (χ0v) is 49.0. The van der Waals surface area contributed by atoms with Gasteiger partial charge in [-0.1, -0.05) is 39.8 Å². The number of aliphatic carboxylic acids is 1. The molecule has 0 radical (unpaired) electrons. The minimum atomic E-state index is -1.70. The van der Waals surface area contributed by atoms with E-state index in [-0.39, 0.29) is 62.5 Å². The summed E-state index contributed by atoms with van der Waals surface area (Å²) in [5.41, 5.74) is 17.1. The molecule has 1 aromatic carbocycles. The van der Waals surface area contributed by atoms with Crippen molar-refractivity contribution in [2.24, 2.45) is 29.0 Å². The van der Waals surface area contributed by atoms with Gasteiger partial charge in [-0.3, -0.25) is 52.7 Å². The Morgan fingerprint density at radius 1 is 0.610 bits per heavy atom. The molecule has 1 rings (SSSR count). The Morgan fingerprint density at radius 3 is 1.63 bits per heavy atom. The molecule has 82 heavy (non-hydrogen) atoms. The lowest BCUT2D eigenvalue weighted by Crippen LogP contribution is -2.61. The molecule has 11 atom stereocenters. The minimum Gasteiger partial charge on any atom is -0.508 e. The summed E-state index contributed by atoms with van der Waals surface area (Å²) in [5.74, 6) is -11.8. The summed E-state index contributed by atoms with van der Waals surface area (Å²) in [4.78, 5) is 158. The first kappa shape index (κ1) is 73.2. The molecule has 0 saturated carbocycles. The molecule has 20 N–H and O–H groups in total. The molecule has 0 aliphatic heterocycles. The quantitative estimate of drug-likeness (QED) is 0.0217. The highest BCUT2D eigenvalue weighted by molar-refractivity contribution is 7.98. The number of benzene rings is 1. The molecule has 29 nitrogen and oxygen atoms in total. The second-order valence-electron chi connectivity index (χ2n) is 20.2. The SMILES string of the molecule is CSCC[C@H](NC(=O)[C@@H](NC(=O)[C@H](CS)NC(=O)[C@H](CCC(N)=O)NC(=O)[C@@H](N)[C@@H](C)O)C(C)C)C(=O)N[C@@H](CCCCN)C(=O)N[C@@H](C)C(=O)NCC(=O)N[C@@H](CC(C)C)C(=O)N[C@@H](Cc1ccc(O)cc1)C(=O)N[C@@H](CO)C(=O)O. The number of carboxylic acids is 1. The Kier molecular flexibility index (Phi) is 34.0. The number of unbranched alkanes of at least 4 members (excludes halogenated alkanes) is 1. The highest BCUT2D eigenvalue weighted by Crippen LogP contribution is 2.14. The van der Waals surface area contributed by atoms with Crippen LogP contribution in [0.2, 0.25) is 0 Å². The molecular weight excluding hydrogens is 1110 g/mol. The first-order chi connectivity index (χ1) is 38.5. The molecule has 0 aliphatic rings. The van der Waals surface area contributed by atoms with Crippen LogP contribution in [0.3, 0.4) is 0 Å². The molecule has 1 aromatic rings. The summed E-state index contributed by atoms with van der Waals surface area (Å²) < 4.78 is 0. The summed E-state index contributed by atoms with van der Waals surface area (Å²) in [5, 5.41) is 63.1. The Hall–Kier alpha value is -6.80. The van der Waals surface area contributed by atoms with Crippen LogP contribution < -0.4 is 70.4 Å². The molecule has 0 saturated heterocycles. The van der Waals surface area contributed by atoms with Crippen LogP contribution in [0.25, 0.3) is 0 Å². The maximum atomic E-state index is 14.0. The van der Waals surface area contributed by atoms with Crippen molar-refractivity contribution in [3.63, 3.8) is 0 Å². The fourth-order valence-electron chi connectivity index (χ4n) is 7.55. The Balaban J connectivity index is 3.21. The van der Waals surface area contributed by atoms with Crippen molar-refractivity contribution < 1.29 is 78.0 Å². The molecule has 0 unspecified atom stereocenters. The van der Waals surface area contributed by atoms with Crippen LogP contribution in [-0.2, 0) is 64.0 Å². The van der Waals surface area contributed by atoms with Gasteiger partial charge in [-0.15, -0.1) is 0 Å². The van der Waals surface area contributed by atoms with Gasteiger partial charge in [-0.25, -0.2) is 4.79 Å². The van der Waals surface area contributed by atoms with Crippen LogP contribution in [0.5, 0.6) is 5.75 Å². The maximum absolute atomic E-state index is 14.0. The molecule has 0 bridgehead atoms. The molecule has 31 heteroatoms. The van der Waals surface area contributed by atoms with E-state index in [1.807, 2.05) is 0 Å². The van der Waals surface area contributed by atoms with E-state index in [0.717, 1.165) is 0 Å². The number of thiol groups is 1. The summed E-state index contributed by atoms with van der Waals surface area (Å²) in [6, 6.07) is -8.21. The van der Waals surface area contributed by atoms with Crippen LogP contribution in [0.4, 0.5) is 0 Å². The van der Waals surface area contributed by atoms with E-state index in [1.165, 1.54) is 49.9 Å². The number of carbonyl (C=O) groups is 12. The average molecular weight is 1200 g/mol. The van der Waals surface area contributed by atoms with Gasteiger partial charge in [0.15, 0.2) is 0 Å². The van der Waals surface area contributed by atoms with Crippen LogP contribution in [-0.4, -0.2) is 195 Å². The number of hydrogen-bond donors (Lipinski definition) is 18. The van der Waals surface area contributed by atoms with E-state index >= 15 is 0 Å². The second kappa shape index (κ2) is 38.1. The smallest absolute Gasteiger partial charge is 0.328 e. The number of carboxylic acid groups (broad SMARTS) is 1. The second-order valence-corrected chi connectivity index (χ2v) is 21.6. The number of aliphatic hydroxyl groups excluding tert-OH is 2. The number of hydrogen-bond acceptors (Lipinski definition) is 19. The highest BCUT2D eigenvalue weighted by atomic mass is 32.2. The van der Waals surface area contributed by atoms with Gasteiger partial charge in [0.25, 0.3) is 0 Å². The summed E-state index contributed by atoms with van der Waals surface area (Å²) in [6.45, 7) is 7.88. The summed E-state index contributed by atoms with van der Waals surface area (Å²) in [6.07, 6.45) is 0.552. The van der Waals surface area contributed by atoms with Crippen molar-refractivity contribution in [1.29, 1.82) is 0 Å². The van der Waals surface area contributed by atoms with Gasteiger partial charge < -0.3 is 90.8 Å². The lowest BCUT2D eigenvalue weighted by molar-refractivity contribution is -0.143. The molecular formula is C51H85N13O16S2. The first-order valence-electron chi connectivity index (χ1n) is 26.6. The van der Waals surface area contributed by atoms with Gasteiger partial charge in [0.2, 0.25) is 65.0 Å². The van der Waals surface area contributed by atoms with Crippen molar-refractivity contribution in [2.75, 3.05) is 37.5 Å². The fraction of sp³-hybridized carbons (Fsp3) is 0.647. The number of nitrogens with one attached hydrogen (secondary N) is 10. The number of phenols is 1. The van der Waals surface area contributed by atoms with Crippen molar-refractivity contribution in [1.82, 2.24) is 53.2 Å². The van der Waals surface area contributed by atoms with Crippen LogP contribution in [0, 0.1) is 11.8 Å². The van der Waals surface area contributed by atoms with Crippen LogP contribution >= 0.6 is 24.4 Å². The minimum absolute atomic E-state index is 0.0367. The van der Waals surface area contributed by atoms with Crippen molar-refractivity contribution in [3.05, 3.63) is 29.8 Å². The number of carbonyl (C=O) groups excluding carboxylic acids is 11. The van der Waals surface area contributed by atoms with Gasteiger partial charge in [0.1, 0.15) is 66.2 Å². The van der Waals surface area contributed by atoms with Crippen molar-refractivity contribution in [2.45, 2.75) is 159 Å². The molecule has 0 spiro atoms. The number of aliphatic hydroxyl groups is 2. The van der Waals surface area contributed by atoms with E-state index in [1.54, 1.807) is 34.0 Å². The molecule has 0 fully saturated rings. The predicted octanol–water partition coefficient (Wildman–Crippen LogP) is -5.00. The number of nitrogens with two attached hydrogens (primary N) is 3. The summed E-state index contributed by atoms with van der Waals surface area (Å²) in [7, 11) is 0. The van der Waals surface area contributed by atoms with E-state index in [4.69, 9.17) is 17.2 Å². The number of aromatic hydroxyl groups is 1. The van der Waals surface area contributed by atoms with Gasteiger partial charge in [0.05, 0.1) is 19.3 Å². The predicted molar refractivity (Wildman–Crippen MR) is 305 cm³/mol. The largest absolute Gasteiger partial charge is 0.508 e. The third kappa shape index (κ3) is 27.3. The molecule has 0 heterocycles. The van der Waals surface area contributed by atoms with E-state index < -0.39 is 157 Å². The average Bonchev–Trinajstić information content (AvgIpc) is 3.49. The molecule has 462 valence electrons. The zero-order valence-electron chi connectivity index (χ0n) is 47.3. The van der Waals surface area contributed by atoms with Crippen molar-refractivity contribution in [3.8, 4) is 5.75 Å².